The Kier molecular flexibility index (Phi) is 6.37. The highest BCUT2D eigenvalue weighted by Gasteiger charge is 2.11. The summed E-state index contributed by atoms with van der Waals surface area (Å²) in [4.78, 5) is 0. The molecule has 0 bridgehead atoms. The lowest BCUT2D eigenvalue weighted by Gasteiger charge is -2.16. The zero-order valence-corrected chi connectivity index (χ0v) is 7.88. The molecule has 0 aliphatic rings. The quantitative estimate of drug-likeness (QED) is 0.358. The lowest BCUT2D eigenvalue weighted by atomic mass is 9.85. The zero-order chi connectivity index (χ0) is 9.45. The Labute approximate surface area is 74.4 Å². The second kappa shape index (κ2) is 6.42. The van der Waals surface area contributed by atoms with Gasteiger partial charge in [-0.1, -0.05) is 0 Å². The largest absolute Gasteiger partial charge is 0.397 e. The van der Waals surface area contributed by atoms with Crippen LogP contribution in [0.1, 0.15) is 6.92 Å². The van der Waals surface area contributed by atoms with Gasteiger partial charge in [-0.25, -0.2) is 0 Å². The number of ether oxygens (including phenoxy) is 2. The first kappa shape index (κ1) is 11.9. The van der Waals surface area contributed by atoms with Crippen LogP contribution < -0.4 is 5.73 Å². The molecule has 1 unspecified atom stereocenters. The van der Waals surface area contributed by atoms with Gasteiger partial charge in [-0.05, 0) is 6.92 Å². The topological polar surface area (TPSA) is 64.7 Å². The average molecular weight is 175 g/mol. The van der Waals surface area contributed by atoms with Crippen LogP contribution in [0, 0.1) is 0 Å². The van der Waals surface area contributed by atoms with E-state index in [9.17, 15) is 5.11 Å². The van der Waals surface area contributed by atoms with Crippen molar-refractivity contribution in [3.63, 3.8) is 0 Å². The smallest absolute Gasteiger partial charge is 0.145 e. The Morgan fingerprint density at radius 3 is 2.42 bits per heavy atom. The van der Waals surface area contributed by atoms with E-state index in [-0.39, 0.29) is 0 Å². The van der Waals surface area contributed by atoms with Gasteiger partial charge in [0.2, 0.25) is 0 Å². The summed E-state index contributed by atoms with van der Waals surface area (Å²) >= 11 is 0. The van der Waals surface area contributed by atoms with Crippen molar-refractivity contribution in [2.75, 3.05) is 33.0 Å². The van der Waals surface area contributed by atoms with Crippen LogP contribution in [0.4, 0.5) is 0 Å². The average Bonchev–Trinajstić information content (AvgIpc) is 1.94. The molecule has 0 aromatic rings. The van der Waals surface area contributed by atoms with Gasteiger partial charge in [0.05, 0.1) is 31.9 Å². The summed E-state index contributed by atoms with van der Waals surface area (Å²) in [6, 6.07) is 0. The third-order valence-corrected chi connectivity index (χ3v) is 1.09. The van der Waals surface area contributed by atoms with Crippen molar-refractivity contribution < 1.29 is 14.6 Å². The Hall–Kier alpha value is -0.0951. The molecule has 72 valence electrons. The van der Waals surface area contributed by atoms with Crippen molar-refractivity contribution in [3.05, 3.63) is 0 Å². The molecule has 0 aromatic heterocycles. The second-order valence-corrected chi connectivity index (χ2v) is 3.27. The van der Waals surface area contributed by atoms with Crippen LogP contribution in [0.5, 0.6) is 0 Å². The number of hydrogen-bond donors (Lipinski definition) is 2. The highest BCUT2D eigenvalue weighted by molar-refractivity contribution is 6.14. The number of aliphatic hydroxyl groups is 1. The van der Waals surface area contributed by atoms with Crippen LogP contribution in [-0.2, 0) is 9.47 Å². The van der Waals surface area contributed by atoms with Crippen molar-refractivity contribution in [2.45, 2.75) is 12.4 Å². The monoisotopic (exact) mass is 175 g/mol. The van der Waals surface area contributed by atoms with Crippen molar-refractivity contribution in [3.8, 4) is 0 Å². The Bertz CT molecular complexity index is 105. The molecule has 0 amide bonds. The normalized spacial score (nSPS) is 15.9. The van der Waals surface area contributed by atoms with Crippen LogP contribution >= 0.6 is 0 Å². The first-order valence-electron chi connectivity index (χ1n) is 4.14. The van der Waals surface area contributed by atoms with Crippen LogP contribution in [-0.4, -0.2) is 51.4 Å². The number of nitrogens with two attached hydrogens (primary N) is 1. The van der Waals surface area contributed by atoms with Gasteiger partial charge >= 0.3 is 0 Å². The highest BCUT2D eigenvalue weighted by atomic mass is 16.5. The van der Waals surface area contributed by atoms with E-state index in [0.717, 1.165) is 0 Å². The molecule has 0 aliphatic heterocycles. The molecule has 0 radical (unpaired) electrons. The molecule has 0 fully saturated rings. The minimum atomic E-state index is -0.756. The molecule has 0 aliphatic carbocycles. The lowest BCUT2D eigenvalue weighted by molar-refractivity contribution is -0.00592. The molecule has 1 atom stereocenters. The third kappa shape index (κ3) is 9.90. The van der Waals surface area contributed by atoms with Gasteiger partial charge in [0.25, 0.3) is 0 Å². The Balaban J connectivity index is 3.01. The molecule has 0 spiro atoms. The van der Waals surface area contributed by atoms with E-state index in [0.29, 0.717) is 33.0 Å². The standard InChI is InChI=1S/C7H18BNO3/c1-7(8,10)6-12-5-4-11-3-2-9/h10H,2-6,8-9H2,1H3. The van der Waals surface area contributed by atoms with Crippen molar-refractivity contribution in [1.29, 1.82) is 0 Å². The number of hydrogen-bond acceptors (Lipinski definition) is 4. The maximum absolute atomic E-state index is 9.23. The highest BCUT2D eigenvalue weighted by Crippen LogP contribution is 1.95. The predicted molar refractivity (Wildman–Crippen MR) is 49.9 cm³/mol. The van der Waals surface area contributed by atoms with Crippen LogP contribution in [0.25, 0.3) is 0 Å². The molecular formula is C7H18BNO3. The summed E-state index contributed by atoms with van der Waals surface area (Å²) in [5, 5.41) is 9.23. The molecule has 0 rings (SSSR count). The molecular weight excluding hydrogens is 157 g/mol. The van der Waals surface area contributed by atoms with E-state index in [1.807, 2.05) is 0 Å². The van der Waals surface area contributed by atoms with Crippen LogP contribution in [0.15, 0.2) is 0 Å². The summed E-state index contributed by atoms with van der Waals surface area (Å²) in [5.74, 6) is 0. The van der Waals surface area contributed by atoms with Gasteiger partial charge in [-0.2, -0.15) is 0 Å². The maximum Gasteiger partial charge on any atom is 0.145 e. The summed E-state index contributed by atoms with van der Waals surface area (Å²) in [7, 11) is 1.70. The van der Waals surface area contributed by atoms with E-state index in [1.165, 1.54) is 0 Å². The van der Waals surface area contributed by atoms with Crippen LogP contribution in [0.3, 0.4) is 0 Å². The third-order valence-electron chi connectivity index (χ3n) is 1.09. The summed E-state index contributed by atoms with van der Waals surface area (Å²) in [6.07, 6.45) is 0. The minimum Gasteiger partial charge on any atom is -0.397 e. The summed E-state index contributed by atoms with van der Waals surface area (Å²) < 4.78 is 10.2. The predicted octanol–water partition coefficient (Wildman–Crippen LogP) is -1.68. The fourth-order valence-electron chi connectivity index (χ4n) is 0.625. The van der Waals surface area contributed by atoms with Crippen molar-refractivity contribution in [1.82, 2.24) is 0 Å². The van der Waals surface area contributed by atoms with Crippen molar-refractivity contribution >= 4 is 7.85 Å². The molecule has 0 saturated carbocycles. The fourth-order valence-corrected chi connectivity index (χ4v) is 0.625. The van der Waals surface area contributed by atoms with E-state index in [4.69, 9.17) is 15.2 Å². The van der Waals surface area contributed by atoms with Gasteiger partial charge in [-0.3, -0.25) is 0 Å². The number of rotatable bonds is 7. The Morgan fingerprint density at radius 2 is 1.92 bits per heavy atom. The van der Waals surface area contributed by atoms with Gasteiger partial charge in [0.15, 0.2) is 0 Å². The van der Waals surface area contributed by atoms with E-state index >= 15 is 0 Å². The van der Waals surface area contributed by atoms with E-state index in [2.05, 4.69) is 0 Å². The molecule has 0 saturated heterocycles. The lowest BCUT2D eigenvalue weighted by Crippen LogP contribution is -2.31. The fraction of sp³-hybridized carbons (Fsp3) is 1.00. The minimum absolute atomic E-state index is 0.332. The molecule has 5 heteroatoms. The first-order chi connectivity index (χ1) is 5.56. The Morgan fingerprint density at radius 1 is 1.33 bits per heavy atom. The first-order valence-corrected chi connectivity index (χ1v) is 4.14. The van der Waals surface area contributed by atoms with E-state index in [1.54, 1.807) is 14.8 Å². The maximum atomic E-state index is 9.23. The van der Waals surface area contributed by atoms with Crippen LogP contribution in [0.2, 0.25) is 0 Å². The molecule has 3 N–H and O–H groups in total. The van der Waals surface area contributed by atoms with Crippen molar-refractivity contribution in [2.24, 2.45) is 5.73 Å². The van der Waals surface area contributed by atoms with Gasteiger partial charge < -0.3 is 20.3 Å². The molecule has 0 heterocycles. The van der Waals surface area contributed by atoms with Gasteiger partial charge in [0.1, 0.15) is 7.85 Å². The van der Waals surface area contributed by atoms with E-state index < -0.39 is 5.50 Å². The molecule has 4 nitrogen and oxygen atoms in total. The SMILES string of the molecule is BC(C)(O)COCCOCCN. The molecule has 0 aromatic carbocycles. The van der Waals surface area contributed by atoms with Gasteiger partial charge in [0, 0.05) is 6.54 Å². The second-order valence-electron chi connectivity index (χ2n) is 3.27. The molecule has 12 heavy (non-hydrogen) atoms. The zero-order valence-electron chi connectivity index (χ0n) is 7.88. The summed E-state index contributed by atoms with van der Waals surface area (Å²) in [5.41, 5.74) is 4.45. The summed E-state index contributed by atoms with van der Waals surface area (Å²) in [6.45, 7) is 4.17. The van der Waals surface area contributed by atoms with Gasteiger partial charge in [-0.15, -0.1) is 0 Å².